The Kier molecular flexibility index (Phi) is 9.24. The predicted molar refractivity (Wildman–Crippen MR) is 136 cm³/mol. The van der Waals surface area contributed by atoms with Gasteiger partial charge >= 0.3 is 0 Å². The first-order chi connectivity index (χ1) is 17.5. The first-order valence-corrected chi connectivity index (χ1v) is 12.3. The summed E-state index contributed by atoms with van der Waals surface area (Å²) >= 11 is 0. The molecule has 4 rings (SSSR count). The molecule has 0 saturated carbocycles. The largest absolute Gasteiger partial charge is 0.439 e. The lowest BCUT2D eigenvalue weighted by atomic mass is 10.1. The average molecular weight is 496 g/mol. The Balaban J connectivity index is 1.65. The van der Waals surface area contributed by atoms with E-state index in [2.05, 4.69) is 11.5 Å². The van der Waals surface area contributed by atoms with Crippen LogP contribution >= 0.6 is 0 Å². The molecule has 192 valence electrons. The van der Waals surface area contributed by atoms with E-state index in [-0.39, 0.29) is 18.5 Å². The van der Waals surface area contributed by atoms with Gasteiger partial charge in [-0.2, -0.15) is 5.10 Å². The standard InChI is InChI=1S/C28H34FN3O4/c1-3-14-34-20-23(33)17-32(18-25-13-8-15-35-25)19-26-27(21-9-5-4-6-10-21)30-31(2)28(26)36-24-12-7-11-22(29)16-24/h3-7,9-12,16,23,25,33H,1,8,13-15,17-20H2,2H3/t23-,25+/m1/s1. The van der Waals surface area contributed by atoms with E-state index in [1.54, 1.807) is 22.9 Å². The maximum Gasteiger partial charge on any atom is 0.222 e. The van der Waals surface area contributed by atoms with Crippen LogP contribution in [-0.2, 0) is 23.1 Å². The first kappa shape index (κ1) is 26.0. The number of hydrogen-bond donors (Lipinski definition) is 1. The van der Waals surface area contributed by atoms with Crippen LogP contribution in [0.3, 0.4) is 0 Å². The summed E-state index contributed by atoms with van der Waals surface area (Å²) in [5.74, 6) is 0.541. The van der Waals surface area contributed by atoms with Crippen LogP contribution in [0.5, 0.6) is 11.6 Å². The van der Waals surface area contributed by atoms with E-state index in [1.165, 1.54) is 12.1 Å². The van der Waals surface area contributed by atoms with Gasteiger partial charge in [0.1, 0.15) is 17.3 Å². The molecule has 1 aliphatic heterocycles. The molecule has 3 aromatic rings. The fourth-order valence-corrected chi connectivity index (χ4v) is 4.43. The van der Waals surface area contributed by atoms with Gasteiger partial charge in [0.05, 0.1) is 31.0 Å². The first-order valence-electron chi connectivity index (χ1n) is 12.3. The van der Waals surface area contributed by atoms with Crippen LogP contribution in [0.2, 0.25) is 0 Å². The van der Waals surface area contributed by atoms with Gasteiger partial charge in [0.25, 0.3) is 0 Å². The van der Waals surface area contributed by atoms with E-state index in [0.717, 1.165) is 36.3 Å². The molecule has 0 amide bonds. The molecule has 1 saturated heterocycles. The zero-order valence-electron chi connectivity index (χ0n) is 20.7. The second-order valence-corrected chi connectivity index (χ2v) is 8.99. The van der Waals surface area contributed by atoms with Gasteiger partial charge in [-0.25, -0.2) is 9.07 Å². The number of hydrogen-bond acceptors (Lipinski definition) is 6. The Morgan fingerprint density at radius 2 is 2.11 bits per heavy atom. The van der Waals surface area contributed by atoms with E-state index >= 15 is 0 Å². The maximum atomic E-state index is 13.9. The molecule has 8 heteroatoms. The monoisotopic (exact) mass is 495 g/mol. The van der Waals surface area contributed by atoms with E-state index < -0.39 is 6.10 Å². The molecule has 2 heterocycles. The molecule has 36 heavy (non-hydrogen) atoms. The number of aliphatic hydroxyl groups is 1. The highest BCUT2D eigenvalue weighted by atomic mass is 19.1. The molecule has 1 N–H and O–H groups in total. The molecule has 1 fully saturated rings. The second-order valence-electron chi connectivity index (χ2n) is 8.99. The number of benzene rings is 2. The minimum atomic E-state index is -0.684. The lowest BCUT2D eigenvalue weighted by Gasteiger charge is -2.27. The van der Waals surface area contributed by atoms with Crippen molar-refractivity contribution < 1.29 is 23.7 Å². The van der Waals surface area contributed by atoms with Gasteiger partial charge < -0.3 is 19.3 Å². The molecule has 0 aliphatic carbocycles. The highest BCUT2D eigenvalue weighted by Gasteiger charge is 2.26. The van der Waals surface area contributed by atoms with Gasteiger partial charge in [-0.1, -0.05) is 42.5 Å². The SMILES string of the molecule is C=CCOC[C@H](O)CN(Cc1c(-c2ccccc2)nn(C)c1Oc1cccc(F)c1)C[C@@H]1CCCO1. The van der Waals surface area contributed by atoms with Crippen molar-refractivity contribution in [1.29, 1.82) is 0 Å². The van der Waals surface area contributed by atoms with Gasteiger partial charge in [0.15, 0.2) is 0 Å². The number of aromatic nitrogens is 2. The topological polar surface area (TPSA) is 69.0 Å². The Hall–Kier alpha value is -3.04. The van der Waals surface area contributed by atoms with Crippen molar-refractivity contribution in [3.63, 3.8) is 0 Å². The van der Waals surface area contributed by atoms with Crippen LogP contribution in [0.1, 0.15) is 18.4 Å². The molecule has 2 aromatic carbocycles. The lowest BCUT2D eigenvalue weighted by molar-refractivity contribution is 0.00844. The quantitative estimate of drug-likeness (QED) is 0.277. The van der Waals surface area contributed by atoms with E-state index in [4.69, 9.17) is 19.3 Å². The van der Waals surface area contributed by atoms with Gasteiger partial charge in [0, 0.05) is 44.9 Å². The smallest absolute Gasteiger partial charge is 0.222 e. The Morgan fingerprint density at radius 1 is 1.28 bits per heavy atom. The van der Waals surface area contributed by atoms with Crippen molar-refractivity contribution in [2.75, 3.05) is 32.9 Å². The van der Waals surface area contributed by atoms with Crippen LogP contribution in [-0.4, -0.2) is 64.9 Å². The Bertz CT molecular complexity index is 1120. The predicted octanol–water partition coefficient (Wildman–Crippen LogP) is 4.56. The molecular weight excluding hydrogens is 461 g/mol. The fraction of sp³-hybridized carbons (Fsp3) is 0.393. The van der Waals surface area contributed by atoms with Crippen molar-refractivity contribution in [3.8, 4) is 22.9 Å². The van der Waals surface area contributed by atoms with Gasteiger partial charge in [-0.3, -0.25) is 4.90 Å². The summed E-state index contributed by atoms with van der Waals surface area (Å²) in [5.41, 5.74) is 2.58. The average Bonchev–Trinajstić information content (AvgIpc) is 3.48. The van der Waals surface area contributed by atoms with E-state index in [9.17, 15) is 9.50 Å². The summed E-state index contributed by atoms with van der Waals surface area (Å²) in [7, 11) is 1.81. The van der Waals surface area contributed by atoms with Crippen LogP contribution < -0.4 is 4.74 Å². The zero-order chi connectivity index (χ0) is 25.3. The van der Waals surface area contributed by atoms with E-state index in [0.29, 0.717) is 37.9 Å². The summed E-state index contributed by atoms with van der Waals surface area (Å²) in [5, 5.41) is 15.5. The summed E-state index contributed by atoms with van der Waals surface area (Å²) in [4.78, 5) is 2.15. The molecular formula is C28H34FN3O4. The van der Waals surface area contributed by atoms with Gasteiger partial charge in [0.2, 0.25) is 5.88 Å². The number of nitrogens with zero attached hydrogens (tertiary/aromatic N) is 3. The number of aryl methyl sites for hydroxylation is 1. The van der Waals surface area contributed by atoms with Crippen LogP contribution in [0.25, 0.3) is 11.3 Å². The van der Waals surface area contributed by atoms with Crippen molar-refractivity contribution in [2.24, 2.45) is 7.05 Å². The zero-order valence-corrected chi connectivity index (χ0v) is 20.7. The molecule has 1 aromatic heterocycles. The fourth-order valence-electron chi connectivity index (χ4n) is 4.43. The Morgan fingerprint density at radius 3 is 2.83 bits per heavy atom. The summed E-state index contributed by atoms with van der Waals surface area (Å²) in [6.45, 7) is 6.50. The molecule has 1 aliphatic rings. The Labute approximate surface area is 211 Å². The summed E-state index contributed by atoms with van der Waals surface area (Å²) < 4.78 is 33.1. The summed E-state index contributed by atoms with van der Waals surface area (Å²) in [6.07, 6.45) is 3.07. The lowest BCUT2D eigenvalue weighted by Crippen LogP contribution is -2.39. The second kappa shape index (κ2) is 12.8. The summed E-state index contributed by atoms with van der Waals surface area (Å²) in [6, 6.07) is 15.9. The van der Waals surface area contributed by atoms with Gasteiger partial charge in [-0.05, 0) is 25.0 Å². The third-order valence-corrected chi connectivity index (χ3v) is 6.03. The highest BCUT2D eigenvalue weighted by Crippen LogP contribution is 2.34. The minimum Gasteiger partial charge on any atom is -0.439 e. The van der Waals surface area contributed by atoms with Crippen molar-refractivity contribution in [2.45, 2.75) is 31.6 Å². The van der Waals surface area contributed by atoms with E-state index in [1.807, 2.05) is 37.4 Å². The van der Waals surface area contributed by atoms with Crippen molar-refractivity contribution in [1.82, 2.24) is 14.7 Å². The number of halogens is 1. The highest BCUT2D eigenvalue weighted by molar-refractivity contribution is 5.65. The molecule has 0 spiro atoms. The number of ether oxygens (including phenoxy) is 3. The molecule has 0 radical (unpaired) electrons. The van der Waals surface area contributed by atoms with Crippen LogP contribution in [0, 0.1) is 5.82 Å². The van der Waals surface area contributed by atoms with Crippen LogP contribution in [0.4, 0.5) is 4.39 Å². The van der Waals surface area contributed by atoms with Gasteiger partial charge in [-0.15, -0.1) is 6.58 Å². The third kappa shape index (κ3) is 7.01. The molecule has 2 atom stereocenters. The maximum absolute atomic E-state index is 13.9. The molecule has 7 nitrogen and oxygen atoms in total. The normalized spacial score (nSPS) is 16.4. The number of rotatable bonds is 13. The van der Waals surface area contributed by atoms with Crippen LogP contribution in [0.15, 0.2) is 67.3 Å². The third-order valence-electron chi connectivity index (χ3n) is 6.03. The molecule has 0 unspecified atom stereocenters. The van der Waals surface area contributed by atoms with Crippen molar-refractivity contribution >= 4 is 0 Å². The minimum absolute atomic E-state index is 0.0933. The number of aliphatic hydroxyl groups excluding tert-OH is 1. The van der Waals surface area contributed by atoms with Crippen molar-refractivity contribution in [3.05, 3.63) is 78.6 Å². The molecule has 0 bridgehead atoms.